The minimum atomic E-state index is -2.92. The summed E-state index contributed by atoms with van der Waals surface area (Å²) in [6.45, 7) is 1.59. The predicted molar refractivity (Wildman–Crippen MR) is 29.3 cm³/mol. The molecule has 2 nitrogen and oxygen atoms in total. The fourth-order valence-electron chi connectivity index (χ4n) is 0.363. The van der Waals surface area contributed by atoms with Crippen molar-refractivity contribution in [2.24, 2.45) is 5.73 Å². The first-order valence-electron chi connectivity index (χ1n) is 2.67. The number of rotatable bonds is 3. The molecule has 0 heterocycles. The molecule has 0 aromatic rings. The minimum absolute atomic E-state index is 0.267. The van der Waals surface area contributed by atoms with Gasteiger partial charge in [0.15, 0.2) is 0 Å². The van der Waals surface area contributed by atoms with Gasteiger partial charge in [-0.3, -0.25) is 4.79 Å². The summed E-state index contributed by atoms with van der Waals surface area (Å²) in [4.78, 5) is 10.2. The quantitative estimate of drug-likeness (QED) is 0.617. The highest BCUT2D eigenvalue weighted by molar-refractivity contribution is 5.86. The van der Waals surface area contributed by atoms with Crippen molar-refractivity contribution < 1.29 is 13.6 Å². The second-order valence-electron chi connectivity index (χ2n) is 1.72. The van der Waals surface area contributed by atoms with Gasteiger partial charge in [-0.15, -0.1) is 0 Å². The van der Waals surface area contributed by atoms with Gasteiger partial charge in [0.1, 0.15) is 0 Å². The highest BCUT2D eigenvalue weighted by Gasteiger charge is 2.20. The molecule has 9 heavy (non-hydrogen) atoms. The molecule has 54 valence electrons. The monoisotopic (exact) mass is 137 g/mol. The molecule has 0 aliphatic carbocycles. The molecule has 0 aliphatic heterocycles. The van der Waals surface area contributed by atoms with Crippen molar-refractivity contribution in [3.8, 4) is 0 Å². The number of nitrogens with two attached hydrogens (primary N) is 1. The summed E-state index contributed by atoms with van der Waals surface area (Å²) in [7, 11) is 0. The normalized spacial score (nSPS) is 13.9. The minimum Gasteiger partial charge on any atom is -0.321 e. The molecule has 0 saturated carbocycles. The first-order valence-corrected chi connectivity index (χ1v) is 2.67. The molecule has 0 bridgehead atoms. The SMILES string of the molecule is CCC(N)C(=O)C(F)F. The van der Waals surface area contributed by atoms with Crippen molar-refractivity contribution in [2.75, 3.05) is 0 Å². The number of alkyl halides is 2. The van der Waals surface area contributed by atoms with Crippen LogP contribution in [0.2, 0.25) is 0 Å². The third-order valence-electron chi connectivity index (χ3n) is 1.02. The van der Waals surface area contributed by atoms with Crippen molar-refractivity contribution in [3.05, 3.63) is 0 Å². The van der Waals surface area contributed by atoms with Crippen molar-refractivity contribution in [2.45, 2.75) is 25.8 Å². The average Bonchev–Trinajstić information content (AvgIpc) is 1.84. The Morgan fingerprint density at radius 3 is 2.22 bits per heavy atom. The Balaban J connectivity index is 3.73. The lowest BCUT2D eigenvalue weighted by Crippen LogP contribution is -2.34. The van der Waals surface area contributed by atoms with Crippen LogP contribution in [-0.4, -0.2) is 18.3 Å². The Bertz CT molecular complexity index is 105. The molecule has 0 spiro atoms. The van der Waals surface area contributed by atoms with Crippen molar-refractivity contribution in [1.82, 2.24) is 0 Å². The fourth-order valence-corrected chi connectivity index (χ4v) is 0.363. The Morgan fingerprint density at radius 2 is 2.11 bits per heavy atom. The second-order valence-corrected chi connectivity index (χ2v) is 1.72. The average molecular weight is 137 g/mol. The maximum atomic E-state index is 11.4. The molecule has 0 saturated heterocycles. The number of hydrogen-bond acceptors (Lipinski definition) is 2. The van der Waals surface area contributed by atoms with Gasteiger partial charge < -0.3 is 5.73 Å². The molecule has 0 rings (SSSR count). The molecule has 0 aliphatic rings. The fraction of sp³-hybridized carbons (Fsp3) is 0.800. The third kappa shape index (κ3) is 2.51. The van der Waals surface area contributed by atoms with E-state index in [2.05, 4.69) is 0 Å². The zero-order valence-corrected chi connectivity index (χ0v) is 5.10. The molecule has 0 aromatic carbocycles. The first-order chi connectivity index (χ1) is 4.09. The van der Waals surface area contributed by atoms with E-state index in [1.165, 1.54) is 0 Å². The van der Waals surface area contributed by atoms with E-state index < -0.39 is 18.3 Å². The van der Waals surface area contributed by atoms with Gasteiger partial charge in [0.2, 0.25) is 5.78 Å². The van der Waals surface area contributed by atoms with Crippen LogP contribution in [0.5, 0.6) is 0 Å². The highest BCUT2D eigenvalue weighted by atomic mass is 19.3. The van der Waals surface area contributed by atoms with Crippen LogP contribution in [-0.2, 0) is 4.79 Å². The lowest BCUT2D eigenvalue weighted by molar-refractivity contribution is -0.130. The standard InChI is InChI=1S/C5H9F2NO/c1-2-3(8)4(9)5(6)7/h3,5H,2,8H2,1H3. The number of Topliss-reactive ketones (excluding diaryl/α,β-unsaturated/α-hetero) is 1. The van der Waals surface area contributed by atoms with E-state index in [0.29, 0.717) is 0 Å². The molecule has 2 N–H and O–H groups in total. The number of halogens is 2. The summed E-state index contributed by atoms with van der Waals surface area (Å²) in [6.07, 6.45) is -2.65. The molecule has 0 fully saturated rings. The first kappa shape index (κ1) is 8.49. The molecule has 4 heteroatoms. The van der Waals surface area contributed by atoms with Crippen LogP contribution < -0.4 is 5.73 Å². The van der Waals surface area contributed by atoms with Gasteiger partial charge >= 0.3 is 0 Å². The maximum absolute atomic E-state index is 11.4. The van der Waals surface area contributed by atoms with E-state index in [9.17, 15) is 13.6 Å². The molecule has 1 atom stereocenters. The van der Waals surface area contributed by atoms with Crippen LogP contribution in [0, 0.1) is 0 Å². The van der Waals surface area contributed by atoms with E-state index in [-0.39, 0.29) is 6.42 Å². The lowest BCUT2D eigenvalue weighted by atomic mass is 10.1. The van der Waals surface area contributed by atoms with Crippen LogP contribution in [0.15, 0.2) is 0 Å². The van der Waals surface area contributed by atoms with Crippen molar-refractivity contribution >= 4 is 5.78 Å². The van der Waals surface area contributed by atoms with Crippen LogP contribution in [0.25, 0.3) is 0 Å². The van der Waals surface area contributed by atoms with Gasteiger partial charge in [-0.05, 0) is 6.42 Å². The Labute approximate surface area is 52.0 Å². The van der Waals surface area contributed by atoms with Crippen LogP contribution in [0.4, 0.5) is 8.78 Å². The summed E-state index contributed by atoms with van der Waals surface area (Å²) in [6, 6.07) is -0.995. The van der Waals surface area contributed by atoms with Crippen molar-refractivity contribution in [1.29, 1.82) is 0 Å². The topological polar surface area (TPSA) is 43.1 Å². The highest BCUT2D eigenvalue weighted by Crippen LogP contribution is 1.99. The Hall–Kier alpha value is -0.510. The Kier molecular flexibility index (Phi) is 3.30. The summed E-state index contributed by atoms with van der Waals surface area (Å²) >= 11 is 0. The summed E-state index contributed by atoms with van der Waals surface area (Å²) in [5.74, 6) is -1.17. The van der Waals surface area contributed by atoms with Gasteiger partial charge in [0.25, 0.3) is 6.43 Å². The molecular weight excluding hydrogens is 128 g/mol. The number of carbonyl (C=O) groups excluding carboxylic acids is 1. The largest absolute Gasteiger partial charge is 0.321 e. The number of hydrogen-bond donors (Lipinski definition) is 1. The van der Waals surface area contributed by atoms with Crippen LogP contribution >= 0.6 is 0 Å². The third-order valence-corrected chi connectivity index (χ3v) is 1.02. The van der Waals surface area contributed by atoms with E-state index in [4.69, 9.17) is 5.73 Å². The lowest BCUT2D eigenvalue weighted by Gasteiger charge is -2.04. The van der Waals surface area contributed by atoms with Crippen molar-refractivity contribution in [3.63, 3.8) is 0 Å². The zero-order chi connectivity index (χ0) is 7.44. The smallest absolute Gasteiger partial charge is 0.297 e. The molecule has 0 amide bonds. The molecular formula is C5H9F2NO. The summed E-state index contributed by atoms with van der Waals surface area (Å²) in [5, 5.41) is 0. The van der Waals surface area contributed by atoms with Gasteiger partial charge in [-0.1, -0.05) is 6.92 Å². The van der Waals surface area contributed by atoms with Gasteiger partial charge in [0.05, 0.1) is 6.04 Å². The molecule has 0 radical (unpaired) electrons. The molecule has 1 unspecified atom stereocenters. The predicted octanol–water partition coefficient (Wildman–Crippen LogP) is 0.558. The zero-order valence-electron chi connectivity index (χ0n) is 5.10. The van der Waals surface area contributed by atoms with E-state index in [1.54, 1.807) is 6.92 Å². The van der Waals surface area contributed by atoms with Gasteiger partial charge in [-0.25, -0.2) is 8.78 Å². The maximum Gasteiger partial charge on any atom is 0.297 e. The number of ketones is 1. The van der Waals surface area contributed by atoms with Gasteiger partial charge in [-0.2, -0.15) is 0 Å². The molecule has 0 aromatic heterocycles. The van der Waals surface area contributed by atoms with Crippen LogP contribution in [0.1, 0.15) is 13.3 Å². The van der Waals surface area contributed by atoms with Crippen LogP contribution in [0.3, 0.4) is 0 Å². The van der Waals surface area contributed by atoms with E-state index in [1.807, 2.05) is 0 Å². The summed E-state index contributed by atoms with van der Waals surface area (Å²) < 4.78 is 22.9. The Morgan fingerprint density at radius 1 is 1.67 bits per heavy atom. The second kappa shape index (κ2) is 3.50. The van der Waals surface area contributed by atoms with E-state index >= 15 is 0 Å². The van der Waals surface area contributed by atoms with E-state index in [0.717, 1.165) is 0 Å². The van der Waals surface area contributed by atoms with Gasteiger partial charge in [0, 0.05) is 0 Å². The number of carbonyl (C=O) groups is 1. The summed E-state index contributed by atoms with van der Waals surface area (Å²) in [5.41, 5.74) is 4.99.